The van der Waals surface area contributed by atoms with E-state index in [0.717, 1.165) is 24.0 Å². The Morgan fingerprint density at radius 2 is 1.81 bits per heavy atom. The Balaban J connectivity index is 3.01. The Morgan fingerprint density at radius 1 is 1.31 bits per heavy atom. The predicted octanol–water partition coefficient (Wildman–Crippen LogP) is 3.63. The van der Waals surface area contributed by atoms with Crippen molar-refractivity contribution in [3.05, 3.63) is 28.8 Å². The van der Waals surface area contributed by atoms with Gasteiger partial charge in [-0.05, 0) is 43.5 Å². The lowest BCUT2D eigenvalue weighted by Crippen LogP contribution is -2.11. The highest BCUT2D eigenvalue weighted by atomic mass is 16.3. The minimum Gasteiger partial charge on any atom is -0.507 e. The Labute approximate surface area is 97.3 Å². The summed E-state index contributed by atoms with van der Waals surface area (Å²) in [5.74, 6) is 0.529. The molecule has 2 nitrogen and oxygen atoms in total. The Kier molecular flexibility index (Phi) is 4.11. The third-order valence-electron chi connectivity index (χ3n) is 2.94. The maximum atomic E-state index is 12.1. The average molecular weight is 220 g/mol. The Bertz CT molecular complexity index is 371. The van der Waals surface area contributed by atoms with Gasteiger partial charge in [0.25, 0.3) is 0 Å². The van der Waals surface area contributed by atoms with Crippen LogP contribution in [-0.4, -0.2) is 10.9 Å². The van der Waals surface area contributed by atoms with Crippen LogP contribution < -0.4 is 0 Å². The summed E-state index contributed by atoms with van der Waals surface area (Å²) in [6.07, 6.45) is 1.93. The lowest BCUT2D eigenvalue weighted by molar-refractivity contribution is 0.0923. The van der Waals surface area contributed by atoms with Crippen LogP contribution in [0, 0.1) is 19.8 Å². The molecule has 0 fully saturated rings. The number of hydrogen-bond donors (Lipinski definition) is 1. The van der Waals surface area contributed by atoms with Crippen molar-refractivity contribution in [1.29, 1.82) is 0 Å². The van der Waals surface area contributed by atoms with Crippen molar-refractivity contribution in [3.8, 4) is 5.75 Å². The third-order valence-corrected chi connectivity index (χ3v) is 2.94. The lowest BCUT2D eigenvalue weighted by atomic mass is 9.93. The fourth-order valence-corrected chi connectivity index (χ4v) is 1.95. The van der Waals surface area contributed by atoms with Crippen molar-refractivity contribution < 1.29 is 9.90 Å². The second-order valence-corrected chi connectivity index (χ2v) is 4.51. The molecule has 0 aromatic heterocycles. The van der Waals surface area contributed by atoms with Gasteiger partial charge in [0.15, 0.2) is 5.78 Å². The number of Topliss-reactive ketones (excluding diaryl/α,β-unsaturated/α-hetero) is 1. The summed E-state index contributed by atoms with van der Waals surface area (Å²) in [6.45, 7) is 7.69. The molecular formula is C14H20O2. The van der Waals surface area contributed by atoms with E-state index in [0.29, 0.717) is 11.3 Å². The molecule has 0 aliphatic heterocycles. The quantitative estimate of drug-likeness (QED) is 0.787. The Hall–Kier alpha value is -1.31. The molecule has 88 valence electrons. The topological polar surface area (TPSA) is 37.3 Å². The van der Waals surface area contributed by atoms with E-state index in [1.54, 1.807) is 12.1 Å². The molecule has 0 aliphatic rings. The van der Waals surface area contributed by atoms with Gasteiger partial charge < -0.3 is 5.11 Å². The number of rotatable bonds is 4. The van der Waals surface area contributed by atoms with Gasteiger partial charge in [-0.3, -0.25) is 4.79 Å². The molecule has 0 saturated carbocycles. The van der Waals surface area contributed by atoms with E-state index in [1.165, 1.54) is 0 Å². The number of phenolic OH excluding ortho intramolecular Hbond substituents is 1. The second kappa shape index (κ2) is 5.15. The highest BCUT2D eigenvalue weighted by molar-refractivity contribution is 5.98. The number of hydrogen-bond acceptors (Lipinski definition) is 2. The largest absolute Gasteiger partial charge is 0.507 e. The van der Waals surface area contributed by atoms with Crippen LogP contribution in [0.1, 0.15) is 48.2 Å². The van der Waals surface area contributed by atoms with E-state index >= 15 is 0 Å². The molecule has 2 heteroatoms. The number of ketones is 1. The molecule has 0 aliphatic carbocycles. The summed E-state index contributed by atoms with van der Waals surface area (Å²) in [5.41, 5.74) is 2.26. The highest BCUT2D eigenvalue weighted by Crippen LogP contribution is 2.25. The fraction of sp³-hybridized carbons (Fsp3) is 0.500. The van der Waals surface area contributed by atoms with Crippen molar-refractivity contribution >= 4 is 5.78 Å². The molecule has 0 amide bonds. The van der Waals surface area contributed by atoms with Crippen LogP contribution in [-0.2, 0) is 0 Å². The maximum Gasteiger partial charge on any atom is 0.165 e. The maximum absolute atomic E-state index is 12.1. The van der Waals surface area contributed by atoms with Crippen molar-refractivity contribution in [3.63, 3.8) is 0 Å². The average Bonchev–Trinajstić information content (AvgIpc) is 2.24. The molecule has 1 atom stereocenters. The minimum absolute atomic E-state index is 0.0633. The zero-order valence-electron chi connectivity index (χ0n) is 10.5. The van der Waals surface area contributed by atoms with Gasteiger partial charge in [-0.2, -0.15) is 0 Å². The van der Waals surface area contributed by atoms with Crippen LogP contribution >= 0.6 is 0 Å². The molecule has 1 aromatic carbocycles. The van der Waals surface area contributed by atoms with Crippen molar-refractivity contribution in [2.75, 3.05) is 0 Å². The van der Waals surface area contributed by atoms with Crippen LogP contribution in [0.3, 0.4) is 0 Å². The summed E-state index contributed by atoms with van der Waals surface area (Å²) in [4.78, 5) is 12.1. The lowest BCUT2D eigenvalue weighted by Gasteiger charge is -2.11. The SMILES string of the molecule is CCCC(C)C(=O)c1cc(C)c(O)c(C)c1. The number of phenols is 1. The zero-order valence-corrected chi connectivity index (χ0v) is 10.5. The van der Waals surface area contributed by atoms with Crippen molar-refractivity contribution in [2.45, 2.75) is 40.5 Å². The van der Waals surface area contributed by atoms with Crippen LogP contribution in [0.5, 0.6) is 5.75 Å². The normalized spacial score (nSPS) is 12.5. The van der Waals surface area contributed by atoms with Gasteiger partial charge in [0.2, 0.25) is 0 Å². The van der Waals surface area contributed by atoms with E-state index in [2.05, 4.69) is 6.92 Å². The molecule has 0 heterocycles. The number of aryl methyl sites for hydroxylation is 2. The molecule has 0 saturated heterocycles. The number of benzene rings is 1. The smallest absolute Gasteiger partial charge is 0.165 e. The van der Waals surface area contributed by atoms with Gasteiger partial charge in [0, 0.05) is 11.5 Å². The second-order valence-electron chi connectivity index (χ2n) is 4.51. The summed E-state index contributed by atoms with van der Waals surface area (Å²) < 4.78 is 0. The standard InChI is InChI=1S/C14H20O2/c1-5-6-9(2)14(16)12-7-10(3)13(15)11(4)8-12/h7-9,15H,5-6H2,1-4H3. The molecule has 1 N–H and O–H groups in total. The first-order valence-electron chi connectivity index (χ1n) is 5.81. The first-order valence-corrected chi connectivity index (χ1v) is 5.81. The van der Waals surface area contributed by atoms with Gasteiger partial charge >= 0.3 is 0 Å². The van der Waals surface area contributed by atoms with Gasteiger partial charge in [-0.15, -0.1) is 0 Å². The highest BCUT2D eigenvalue weighted by Gasteiger charge is 2.16. The zero-order chi connectivity index (χ0) is 12.3. The van der Waals surface area contributed by atoms with Gasteiger partial charge in [-0.25, -0.2) is 0 Å². The summed E-state index contributed by atoms with van der Waals surface area (Å²) in [5, 5.41) is 9.64. The number of carbonyl (C=O) groups excluding carboxylic acids is 1. The summed E-state index contributed by atoms with van der Waals surface area (Å²) in [7, 11) is 0. The Morgan fingerprint density at radius 3 is 2.25 bits per heavy atom. The van der Waals surface area contributed by atoms with E-state index in [1.807, 2.05) is 20.8 Å². The molecule has 1 aromatic rings. The molecule has 0 spiro atoms. The first kappa shape index (κ1) is 12.8. The van der Waals surface area contributed by atoms with Crippen LogP contribution in [0.4, 0.5) is 0 Å². The van der Waals surface area contributed by atoms with Gasteiger partial charge in [0.05, 0.1) is 0 Å². The molecule has 1 unspecified atom stereocenters. The molecule has 0 radical (unpaired) electrons. The van der Waals surface area contributed by atoms with E-state index in [4.69, 9.17) is 0 Å². The number of aromatic hydroxyl groups is 1. The van der Waals surface area contributed by atoms with Crippen molar-refractivity contribution in [1.82, 2.24) is 0 Å². The van der Waals surface area contributed by atoms with Gasteiger partial charge in [0.1, 0.15) is 5.75 Å². The van der Waals surface area contributed by atoms with E-state index < -0.39 is 0 Å². The fourth-order valence-electron chi connectivity index (χ4n) is 1.95. The summed E-state index contributed by atoms with van der Waals surface area (Å²) in [6, 6.07) is 3.55. The predicted molar refractivity (Wildman–Crippen MR) is 66.0 cm³/mol. The van der Waals surface area contributed by atoms with Crippen LogP contribution in [0.2, 0.25) is 0 Å². The molecule has 1 rings (SSSR count). The van der Waals surface area contributed by atoms with E-state index in [9.17, 15) is 9.90 Å². The summed E-state index contributed by atoms with van der Waals surface area (Å²) >= 11 is 0. The van der Waals surface area contributed by atoms with E-state index in [-0.39, 0.29) is 11.7 Å². The molecule has 0 bridgehead atoms. The monoisotopic (exact) mass is 220 g/mol. The van der Waals surface area contributed by atoms with Crippen LogP contribution in [0.15, 0.2) is 12.1 Å². The third kappa shape index (κ3) is 2.63. The first-order chi connectivity index (χ1) is 7.47. The molecule has 16 heavy (non-hydrogen) atoms. The van der Waals surface area contributed by atoms with Crippen molar-refractivity contribution in [2.24, 2.45) is 5.92 Å². The molecular weight excluding hydrogens is 200 g/mol. The minimum atomic E-state index is 0.0633. The van der Waals surface area contributed by atoms with Gasteiger partial charge in [-0.1, -0.05) is 20.3 Å². The van der Waals surface area contributed by atoms with Crippen LogP contribution in [0.25, 0.3) is 0 Å². The number of carbonyl (C=O) groups is 1.